The SMILES string of the molecule is CC1CC(C(=O)Nc2ccc(F)c(C(N)=O)c2)CCN1. The van der Waals surface area contributed by atoms with Crippen LogP contribution in [0.15, 0.2) is 18.2 Å². The highest BCUT2D eigenvalue weighted by atomic mass is 19.1. The molecular formula is C14H18FN3O2. The van der Waals surface area contributed by atoms with E-state index in [0.717, 1.165) is 25.5 Å². The molecule has 2 amide bonds. The third kappa shape index (κ3) is 3.33. The van der Waals surface area contributed by atoms with Crippen molar-refractivity contribution in [2.45, 2.75) is 25.8 Å². The van der Waals surface area contributed by atoms with Crippen molar-refractivity contribution in [1.82, 2.24) is 5.32 Å². The van der Waals surface area contributed by atoms with E-state index < -0.39 is 11.7 Å². The number of benzene rings is 1. The Kier molecular flexibility index (Phi) is 4.34. The maximum Gasteiger partial charge on any atom is 0.251 e. The molecule has 1 aromatic carbocycles. The molecule has 1 aliphatic heterocycles. The second kappa shape index (κ2) is 6.00. The van der Waals surface area contributed by atoms with Crippen molar-refractivity contribution in [3.05, 3.63) is 29.6 Å². The van der Waals surface area contributed by atoms with Gasteiger partial charge in [0.15, 0.2) is 0 Å². The number of carbonyl (C=O) groups is 2. The molecule has 2 atom stereocenters. The molecule has 5 nitrogen and oxygen atoms in total. The van der Waals surface area contributed by atoms with Crippen LogP contribution >= 0.6 is 0 Å². The van der Waals surface area contributed by atoms with Crippen LogP contribution in [0.1, 0.15) is 30.1 Å². The highest BCUT2D eigenvalue weighted by Gasteiger charge is 2.24. The van der Waals surface area contributed by atoms with Gasteiger partial charge in [-0.2, -0.15) is 0 Å². The summed E-state index contributed by atoms with van der Waals surface area (Å²) >= 11 is 0. The Labute approximate surface area is 116 Å². The lowest BCUT2D eigenvalue weighted by atomic mass is 9.92. The van der Waals surface area contributed by atoms with Gasteiger partial charge in [-0.05, 0) is 44.5 Å². The van der Waals surface area contributed by atoms with Gasteiger partial charge >= 0.3 is 0 Å². The lowest BCUT2D eigenvalue weighted by Crippen LogP contribution is -2.40. The van der Waals surface area contributed by atoms with Crippen molar-refractivity contribution in [3.8, 4) is 0 Å². The van der Waals surface area contributed by atoms with Gasteiger partial charge in [-0.15, -0.1) is 0 Å². The minimum absolute atomic E-state index is 0.0756. The Balaban J connectivity index is 2.07. The van der Waals surface area contributed by atoms with Crippen molar-refractivity contribution in [1.29, 1.82) is 0 Å². The average molecular weight is 279 g/mol. The zero-order valence-corrected chi connectivity index (χ0v) is 11.3. The molecule has 6 heteroatoms. The van der Waals surface area contributed by atoms with Crippen molar-refractivity contribution in [3.63, 3.8) is 0 Å². The Morgan fingerprint density at radius 2 is 2.20 bits per heavy atom. The summed E-state index contributed by atoms with van der Waals surface area (Å²) < 4.78 is 13.3. The van der Waals surface area contributed by atoms with Crippen LogP contribution in [0.25, 0.3) is 0 Å². The fraction of sp³-hybridized carbons (Fsp3) is 0.429. The number of piperidine rings is 1. The Morgan fingerprint density at radius 1 is 1.45 bits per heavy atom. The number of carbonyl (C=O) groups excluding carboxylic acids is 2. The molecular weight excluding hydrogens is 261 g/mol. The van der Waals surface area contributed by atoms with Gasteiger partial charge in [0.1, 0.15) is 5.82 Å². The first kappa shape index (κ1) is 14.5. The summed E-state index contributed by atoms with van der Waals surface area (Å²) in [6.07, 6.45) is 1.52. The molecule has 108 valence electrons. The largest absolute Gasteiger partial charge is 0.366 e. The number of primary amides is 1. The summed E-state index contributed by atoms with van der Waals surface area (Å²) in [6.45, 7) is 2.83. The molecule has 1 aliphatic rings. The molecule has 4 N–H and O–H groups in total. The quantitative estimate of drug-likeness (QED) is 0.778. The first-order valence-corrected chi connectivity index (χ1v) is 6.61. The smallest absolute Gasteiger partial charge is 0.251 e. The van der Waals surface area contributed by atoms with Gasteiger partial charge in [-0.3, -0.25) is 9.59 Å². The van der Waals surface area contributed by atoms with E-state index in [1.54, 1.807) is 0 Å². The third-order valence-corrected chi connectivity index (χ3v) is 3.49. The van der Waals surface area contributed by atoms with Gasteiger partial charge in [-0.1, -0.05) is 0 Å². The standard InChI is InChI=1S/C14H18FN3O2/c1-8-6-9(4-5-17-8)14(20)18-10-2-3-12(15)11(7-10)13(16)19/h2-3,7-9,17H,4-6H2,1H3,(H2,16,19)(H,18,20). The molecule has 2 unspecified atom stereocenters. The third-order valence-electron chi connectivity index (χ3n) is 3.49. The molecule has 0 bridgehead atoms. The molecule has 1 heterocycles. The first-order valence-electron chi connectivity index (χ1n) is 6.61. The van der Waals surface area contributed by atoms with Crippen molar-refractivity contribution in [2.24, 2.45) is 11.7 Å². The predicted molar refractivity (Wildman–Crippen MR) is 73.7 cm³/mol. The molecule has 0 radical (unpaired) electrons. The molecule has 1 saturated heterocycles. The van der Waals surface area contributed by atoms with Gasteiger partial charge < -0.3 is 16.4 Å². The highest BCUT2D eigenvalue weighted by molar-refractivity contribution is 5.97. The Morgan fingerprint density at radius 3 is 2.85 bits per heavy atom. The maximum atomic E-state index is 13.3. The van der Waals surface area contributed by atoms with Crippen LogP contribution in [0.3, 0.4) is 0 Å². The van der Waals surface area contributed by atoms with Gasteiger partial charge in [0.05, 0.1) is 5.56 Å². The average Bonchev–Trinajstić information content (AvgIpc) is 2.40. The predicted octanol–water partition coefficient (Wildman–Crippen LogP) is 1.25. The van der Waals surface area contributed by atoms with E-state index in [1.165, 1.54) is 12.1 Å². The van der Waals surface area contributed by atoms with Crippen LogP contribution in [0.2, 0.25) is 0 Å². The van der Waals surface area contributed by atoms with E-state index >= 15 is 0 Å². The van der Waals surface area contributed by atoms with E-state index in [0.29, 0.717) is 11.7 Å². The van der Waals surface area contributed by atoms with Gasteiger partial charge in [-0.25, -0.2) is 4.39 Å². The monoisotopic (exact) mass is 279 g/mol. The molecule has 1 fully saturated rings. The van der Waals surface area contributed by atoms with Crippen LogP contribution in [-0.2, 0) is 4.79 Å². The second-order valence-electron chi connectivity index (χ2n) is 5.12. The fourth-order valence-corrected chi connectivity index (χ4v) is 2.41. The van der Waals surface area contributed by atoms with Crippen molar-refractivity contribution >= 4 is 17.5 Å². The molecule has 1 aromatic rings. The van der Waals surface area contributed by atoms with Crippen LogP contribution < -0.4 is 16.4 Å². The topological polar surface area (TPSA) is 84.2 Å². The normalized spacial score (nSPS) is 22.3. The van der Waals surface area contributed by atoms with E-state index in [1.807, 2.05) is 6.92 Å². The number of hydrogen-bond acceptors (Lipinski definition) is 3. The minimum atomic E-state index is -0.853. The number of halogens is 1. The molecule has 0 saturated carbocycles. The fourth-order valence-electron chi connectivity index (χ4n) is 2.41. The number of rotatable bonds is 3. The summed E-state index contributed by atoms with van der Waals surface area (Å²) in [5.74, 6) is -1.73. The highest BCUT2D eigenvalue weighted by Crippen LogP contribution is 2.20. The zero-order chi connectivity index (χ0) is 14.7. The summed E-state index contributed by atoms with van der Waals surface area (Å²) in [4.78, 5) is 23.2. The number of nitrogens with two attached hydrogens (primary N) is 1. The van der Waals surface area contributed by atoms with E-state index in [-0.39, 0.29) is 17.4 Å². The van der Waals surface area contributed by atoms with Gasteiger partial charge in [0.2, 0.25) is 5.91 Å². The van der Waals surface area contributed by atoms with E-state index in [9.17, 15) is 14.0 Å². The minimum Gasteiger partial charge on any atom is -0.366 e. The molecule has 2 rings (SSSR count). The number of anilines is 1. The Bertz CT molecular complexity index is 533. The summed E-state index contributed by atoms with van der Waals surface area (Å²) in [5, 5.41) is 5.98. The molecule has 0 spiro atoms. The zero-order valence-electron chi connectivity index (χ0n) is 11.3. The van der Waals surface area contributed by atoms with Gasteiger partial charge in [0.25, 0.3) is 5.91 Å². The molecule has 20 heavy (non-hydrogen) atoms. The molecule has 0 aliphatic carbocycles. The lowest BCUT2D eigenvalue weighted by Gasteiger charge is -2.27. The van der Waals surface area contributed by atoms with Crippen molar-refractivity contribution in [2.75, 3.05) is 11.9 Å². The van der Waals surface area contributed by atoms with E-state index in [4.69, 9.17) is 5.73 Å². The molecule has 0 aromatic heterocycles. The summed E-state index contributed by atoms with van der Waals surface area (Å²) in [5.41, 5.74) is 5.24. The van der Waals surface area contributed by atoms with E-state index in [2.05, 4.69) is 10.6 Å². The van der Waals surface area contributed by atoms with Crippen LogP contribution in [0.4, 0.5) is 10.1 Å². The second-order valence-corrected chi connectivity index (χ2v) is 5.12. The number of hydrogen-bond donors (Lipinski definition) is 3. The Hall–Kier alpha value is -1.95. The lowest BCUT2D eigenvalue weighted by molar-refractivity contribution is -0.120. The first-order chi connectivity index (χ1) is 9.47. The van der Waals surface area contributed by atoms with Gasteiger partial charge in [0, 0.05) is 17.6 Å². The van der Waals surface area contributed by atoms with Crippen molar-refractivity contribution < 1.29 is 14.0 Å². The number of amides is 2. The maximum absolute atomic E-state index is 13.3. The summed E-state index contributed by atoms with van der Waals surface area (Å²) in [6, 6.07) is 4.11. The summed E-state index contributed by atoms with van der Waals surface area (Å²) in [7, 11) is 0. The van der Waals surface area contributed by atoms with Crippen LogP contribution in [-0.4, -0.2) is 24.4 Å². The van der Waals surface area contributed by atoms with Crippen LogP contribution in [0, 0.1) is 11.7 Å². The number of nitrogens with one attached hydrogen (secondary N) is 2. The van der Waals surface area contributed by atoms with Crippen LogP contribution in [0.5, 0.6) is 0 Å².